The predicted molar refractivity (Wildman–Crippen MR) is 116 cm³/mol. The van der Waals surface area contributed by atoms with Crippen LogP contribution in [0.4, 0.5) is 13.2 Å². The summed E-state index contributed by atoms with van der Waals surface area (Å²) in [6, 6.07) is 5.53. The van der Waals surface area contributed by atoms with Gasteiger partial charge in [-0.15, -0.1) is 0 Å². The van der Waals surface area contributed by atoms with E-state index in [1.54, 1.807) is 20.8 Å². The van der Waals surface area contributed by atoms with E-state index in [9.17, 15) is 23.2 Å². The number of aromatic nitrogens is 2. The molecule has 34 heavy (non-hydrogen) atoms. The lowest BCUT2D eigenvalue weighted by molar-refractivity contribution is -0.137. The average Bonchev–Trinajstić information content (AvgIpc) is 3.35. The van der Waals surface area contributed by atoms with Gasteiger partial charge in [-0.1, -0.05) is 25.7 Å². The molecule has 1 fully saturated rings. The molecular formula is C24H22F3N5O2. The number of ether oxygens (including phenoxy) is 1. The van der Waals surface area contributed by atoms with Crippen LogP contribution in [-0.2, 0) is 16.4 Å². The van der Waals surface area contributed by atoms with Crippen molar-refractivity contribution in [2.75, 3.05) is 6.54 Å². The Morgan fingerprint density at radius 1 is 1.32 bits per heavy atom. The lowest BCUT2D eigenvalue weighted by atomic mass is 9.61. The van der Waals surface area contributed by atoms with E-state index in [1.807, 2.05) is 0 Å². The van der Waals surface area contributed by atoms with Crippen molar-refractivity contribution in [3.63, 3.8) is 0 Å². The summed E-state index contributed by atoms with van der Waals surface area (Å²) in [5.74, 6) is 4.25. The largest absolute Gasteiger partial charge is 0.422 e. The fourth-order valence-electron chi connectivity index (χ4n) is 4.77. The van der Waals surface area contributed by atoms with Crippen molar-refractivity contribution in [2.24, 2.45) is 17.6 Å². The highest BCUT2D eigenvalue weighted by Crippen LogP contribution is 2.53. The van der Waals surface area contributed by atoms with Gasteiger partial charge in [0.15, 0.2) is 0 Å². The quantitative estimate of drug-likeness (QED) is 0.584. The Labute approximate surface area is 194 Å². The van der Waals surface area contributed by atoms with Gasteiger partial charge < -0.3 is 15.8 Å². The monoisotopic (exact) mass is 469 g/mol. The number of fused-ring (bicyclic) bond motifs is 1. The number of benzene rings is 1. The number of aryl methyl sites for hydroxylation is 1. The molecular weight excluding hydrogens is 447 g/mol. The molecule has 0 aliphatic carbocycles. The molecule has 7 nitrogen and oxygen atoms in total. The fourth-order valence-corrected chi connectivity index (χ4v) is 4.77. The number of aromatic amines is 1. The maximum Gasteiger partial charge on any atom is 0.416 e. The van der Waals surface area contributed by atoms with Crippen LogP contribution in [0.3, 0.4) is 0 Å². The number of nitrogens with one attached hydrogen (secondary N) is 2. The number of nitriles is 1. The summed E-state index contributed by atoms with van der Waals surface area (Å²) in [5.41, 5.74) is 4.96. The minimum atomic E-state index is -4.67. The van der Waals surface area contributed by atoms with Crippen molar-refractivity contribution in [3.8, 4) is 23.8 Å². The van der Waals surface area contributed by atoms with Crippen LogP contribution in [0.25, 0.3) is 0 Å². The van der Waals surface area contributed by atoms with Gasteiger partial charge in [-0.05, 0) is 43.0 Å². The first-order chi connectivity index (χ1) is 16.0. The predicted octanol–water partition coefficient (Wildman–Crippen LogP) is 3.25. The van der Waals surface area contributed by atoms with Crippen molar-refractivity contribution < 1.29 is 22.7 Å². The average molecular weight is 469 g/mol. The molecule has 2 aliphatic rings. The van der Waals surface area contributed by atoms with E-state index in [0.29, 0.717) is 24.2 Å². The Balaban J connectivity index is 2.03. The molecule has 0 radical (unpaired) electrons. The second-order valence-electron chi connectivity index (χ2n) is 8.63. The molecule has 0 bridgehead atoms. The van der Waals surface area contributed by atoms with E-state index in [1.165, 1.54) is 6.07 Å². The van der Waals surface area contributed by atoms with Gasteiger partial charge in [-0.2, -0.15) is 23.5 Å². The summed E-state index contributed by atoms with van der Waals surface area (Å²) in [4.78, 5) is 11.9. The van der Waals surface area contributed by atoms with Crippen LogP contribution >= 0.6 is 0 Å². The maximum absolute atomic E-state index is 14.0. The molecule has 3 heterocycles. The third kappa shape index (κ3) is 3.56. The molecule has 1 aromatic heterocycles. The topological polar surface area (TPSA) is 117 Å². The number of nitrogens with zero attached hydrogens (tertiary/aromatic N) is 2. The van der Waals surface area contributed by atoms with Crippen LogP contribution in [0.15, 0.2) is 29.7 Å². The molecule has 4 rings (SSSR count). The van der Waals surface area contributed by atoms with Crippen LogP contribution in [-0.4, -0.2) is 22.6 Å². The Kier molecular flexibility index (Phi) is 5.56. The summed E-state index contributed by atoms with van der Waals surface area (Å²) in [6.07, 6.45) is -4.18. The highest BCUT2D eigenvalue weighted by Gasteiger charge is 2.51. The van der Waals surface area contributed by atoms with Gasteiger partial charge in [-0.3, -0.25) is 4.79 Å². The molecule has 0 saturated carbocycles. The van der Waals surface area contributed by atoms with Gasteiger partial charge in [0.2, 0.25) is 17.7 Å². The number of allylic oxidation sites excluding steroid dienone is 1. The molecule has 1 amide bonds. The number of alkyl halides is 3. The van der Waals surface area contributed by atoms with Gasteiger partial charge in [0, 0.05) is 12.1 Å². The first-order valence-electron chi connectivity index (χ1n) is 10.7. The van der Waals surface area contributed by atoms with E-state index >= 15 is 0 Å². The van der Waals surface area contributed by atoms with E-state index in [2.05, 4.69) is 33.4 Å². The highest BCUT2D eigenvalue weighted by molar-refractivity contribution is 5.83. The standard InChI is InChI=1S/C24H22F3N5O2/c1-12(2)23(18(11-28)20(29)34-22-19(23)13(3)31-32-22)16-8-14(9-17(10-16)24(25,26)27)4-5-15-6-7-30-21(15)33/h8-10,12,15H,6-7,29H2,1-3H3,(H,30,33)(H,31,32). The number of H-pyrrole nitrogens is 1. The molecule has 2 atom stereocenters. The van der Waals surface area contributed by atoms with Crippen molar-refractivity contribution in [3.05, 3.63) is 57.6 Å². The number of amides is 1. The molecule has 1 saturated heterocycles. The highest BCUT2D eigenvalue weighted by atomic mass is 19.4. The smallest absolute Gasteiger partial charge is 0.416 e. The summed E-state index contributed by atoms with van der Waals surface area (Å²) in [7, 11) is 0. The number of carbonyl (C=O) groups is 1. The zero-order valence-electron chi connectivity index (χ0n) is 18.7. The van der Waals surface area contributed by atoms with Crippen LogP contribution in [0, 0.1) is 41.9 Å². The second-order valence-corrected chi connectivity index (χ2v) is 8.63. The normalized spacial score (nSPS) is 21.9. The summed E-state index contributed by atoms with van der Waals surface area (Å²) in [6.45, 7) is 5.74. The number of halogens is 3. The first kappa shape index (κ1) is 23.2. The number of rotatable bonds is 2. The maximum atomic E-state index is 14.0. The molecule has 2 aromatic rings. The molecule has 1 aromatic carbocycles. The summed E-state index contributed by atoms with van der Waals surface area (Å²) in [5, 5.41) is 19.6. The number of hydrogen-bond donors (Lipinski definition) is 3. The molecule has 0 spiro atoms. The van der Waals surface area contributed by atoms with Crippen molar-refractivity contribution in [1.29, 1.82) is 5.26 Å². The lowest BCUT2D eigenvalue weighted by Crippen LogP contribution is -2.41. The molecule has 176 valence electrons. The Morgan fingerprint density at radius 3 is 2.65 bits per heavy atom. The Bertz CT molecular complexity index is 1310. The minimum absolute atomic E-state index is 0.00657. The number of nitrogens with two attached hydrogens (primary N) is 1. The molecule has 2 unspecified atom stereocenters. The lowest BCUT2D eigenvalue weighted by Gasteiger charge is -2.41. The van der Waals surface area contributed by atoms with Crippen LogP contribution in [0.5, 0.6) is 5.88 Å². The third-order valence-electron chi connectivity index (χ3n) is 6.29. The molecule has 2 aliphatic heterocycles. The van der Waals surface area contributed by atoms with Crippen LogP contribution in [0.1, 0.15) is 48.2 Å². The van der Waals surface area contributed by atoms with Gasteiger partial charge in [0.25, 0.3) is 0 Å². The van der Waals surface area contributed by atoms with Gasteiger partial charge in [0.05, 0.1) is 22.2 Å². The van der Waals surface area contributed by atoms with Gasteiger partial charge >= 0.3 is 6.18 Å². The number of carbonyl (C=O) groups excluding carboxylic acids is 1. The summed E-state index contributed by atoms with van der Waals surface area (Å²) < 4.78 is 47.4. The fraction of sp³-hybridized carbons (Fsp3) is 0.375. The van der Waals surface area contributed by atoms with E-state index in [0.717, 1.165) is 12.1 Å². The van der Waals surface area contributed by atoms with Gasteiger partial charge in [-0.25, -0.2) is 5.10 Å². The van der Waals surface area contributed by atoms with Crippen molar-refractivity contribution in [1.82, 2.24) is 15.5 Å². The van der Waals surface area contributed by atoms with Crippen LogP contribution < -0.4 is 15.8 Å². The van der Waals surface area contributed by atoms with E-state index in [-0.39, 0.29) is 34.4 Å². The third-order valence-corrected chi connectivity index (χ3v) is 6.29. The van der Waals surface area contributed by atoms with Crippen molar-refractivity contribution >= 4 is 5.91 Å². The van der Waals surface area contributed by atoms with E-state index < -0.39 is 29.0 Å². The minimum Gasteiger partial charge on any atom is -0.422 e. The first-order valence-corrected chi connectivity index (χ1v) is 10.7. The Morgan fingerprint density at radius 2 is 2.06 bits per heavy atom. The second kappa shape index (κ2) is 8.14. The zero-order chi connectivity index (χ0) is 24.8. The zero-order valence-corrected chi connectivity index (χ0v) is 18.7. The molecule has 10 heteroatoms. The molecule has 4 N–H and O–H groups in total. The summed E-state index contributed by atoms with van der Waals surface area (Å²) >= 11 is 0. The number of hydrogen-bond acceptors (Lipinski definition) is 5. The van der Waals surface area contributed by atoms with Crippen molar-refractivity contribution in [2.45, 2.75) is 38.8 Å². The van der Waals surface area contributed by atoms with Crippen LogP contribution in [0.2, 0.25) is 0 Å². The SMILES string of the molecule is Cc1n[nH]c2c1C(c1cc(C#CC3CCNC3=O)cc(C(F)(F)F)c1)(C(C)C)C(C#N)=C(N)O2. The Hall–Kier alpha value is -3.92. The van der Waals surface area contributed by atoms with Gasteiger partial charge in [0.1, 0.15) is 17.6 Å². The van der Waals surface area contributed by atoms with E-state index in [4.69, 9.17) is 10.5 Å².